The molecule has 9 aromatic carbocycles. The SMILES string of the molecule is CC(=O)C[C@@H](C=O)NC(=O)CN1C(=O)C(NC(=O)c2ccc(O)c(Cl)c2)N=C(c2ccccc2)c2ccccc21.CC(=O)C[C@@H](C=O)NC(=O)CN1C(=O)C(NS(=O)(=O)c2ccc(NC(C)=O)c(Cl)c2)N=C(c2ccccc2)c2ccccc21.CC(=O)C[C@@H](C=O)NC(=O)CN1C(=O)C(NS(=O)(=O)c2ccc(NC(C)=O)cc2)N=C(c2ccccc2)c2ccccc21. The lowest BCUT2D eigenvalue weighted by atomic mass is 10.0. The molecule has 6 atom stereocenters. The number of carbonyl (C=O) groups excluding carboxylic acids is 15. The number of Topliss-reactive ketones (excluding diaryl/α,β-unsaturated/α-hetero) is 3. The van der Waals surface area contributed by atoms with Gasteiger partial charge < -0.3 is 51.4 Å². The molecule has 0 saturated carbocycles. The van der Waals surface area contributed by atoms with Crippen molar-refractivity contribution in [1.82, 2.24) is 30.7 Å². The van der Waals surface area contributed by atoms with E-state index >= 15 is 0 Å². The van der Waals surface area contributed by atoms with Crippen molar-refractivity contribution in [2.75, 3.05) is 45.0 Å². The number of aldehydes is 3. The maximum Gasteiger partial charge on any atom is 0.272 e. The highest BCUT2D eigenvalue weighted by Gasteiger charge is 2.40. The number of para-hydroxylation sites is 3. The number of hydrogen-bond donors (Lipinski definition) is 9. The molecule has 0 bridgehead atoms. The minimum absolute atomic E-state index is 0.0469. The van der Waals surface area contributed by atoms with Crippen LogP contribution < -0.4 is 56.0 Å². The number of phenolic OH excluding ortho intramolecular Hbond substituents is 1. The quantitative estimate of drug-likeness (QED) is 0.0200. The Bertz CT molecular complexity index is 6130. The molecule has 12 rings (SSSR count). The normalized spacial score (nSPS) is 15.3. The summed E-state index contributed by atoms with van der Waals surface area (Å²) in [4.78, 5) is 202. The van der Waals surface area contributed by atoms with Gasteiger partial charge in [-0.05, 0) is 99.6 Å². The second kappa shape index (κ2) is 43.2. The van der Waals surface area contributed by atoms with Gasteiger partial charge >= 0.3 is 0 Å². The van der Waals surface area contributed by atoms with E-state index in [1.807, 2.05) is 6.07 Å². The molecule has 3 aliphatic heterocycles. The minimum atomic E-state index is -4.44. The average Bonchev–Trinajstić information content (AvgIpc) is 1.65. The van der Waals surface area contributed by atoms with Crippen LogP contribution in [-0.4, -0.2) is 185 Å². The number of halogens is 2. The first kappa shape index (κ1) is 94.7. The van der Waals surface area contributed by atoms with Crippen LogP contribution in [0.3, 0.4) is 0 Å². The highest BCUT2D eigenvalue weighted by Crippen LogP contribution is 2.34. The van der Waals surface area contributed by atoms with Gasteiger partial charge in [-0.1, -0.05) is 169 Å². The highest BCUT2D eigenvalue weighted by molar-refractivity contribution is 7.89. The van der Waals surface area contributed by atoms with Crippen LogP contribution in [0.25, 0.3) is 0 Å². The van der Waals surface area contributed by atoms with Crippen molar-refractivity contribution in [3.05, 3.63) is 273 Å². The molecule has 38 heteroatoms. The number of aromatic hydroxyl groups is 1. The van der Waals surface area contributed by atoms with E-state index in [1.165, 1.54) is 94.1 Å². The molecule has 3 aliphatic rings. The molecule has 127 heavy (non-hydrogen) atoms. The predicted molar refractivity (Wildman–Crippen MR) is 472 cm³/mol. The minimum Gasteiger partial charge on any atom is -0.506 e. The van der Waals surface area contributed by atoms with Gasteiger partial charge in [-0.2, -0.15) is 9.44 Å². The Morgan fingerprint density at radius 1 is 0.409 bits per heavy atom. The smallest absolute Gasteiger partial charge is 0.272 e. The molecule has 9 aromatic rings. The van der Waals surface area contributed by atoms with E-state index < -0.39 is 124 Å². The number of hydrogen-bond acceptors (Lipinski definition) is 23. The summed E-state index contributed by atoms with van der Waals surface area (Å²) in [7, 11) is -8.78. The summed E-state index contributed by atoms with van der Waals surface area (Å²) in [5.74, 6) is -7.15. The van der Waals surface area contributed by atoms with Gasteiger partial charge in [-0.3, -0.25) is 82.2 Å². The van der Waals surface area contributed by atoms with Crippen molar-refractivity contribution in [2.24, 2.45) is 15.0 Å². The number of benzene rings is 9. The molecule has 0 aromatic heterocycles. The number of phenols is 1. The Morgan fingerprint density at radius 3 is 1.09 bits per heavy atom. The van der Waals surface area contributed by atoms with Gasteiger partial charge in [0.05, 0.1) is 77.8 Å². The van der Waals surface area contributed by atoms with E-state index in [-0.39, 0.29) is 90.8 Å². The van der Waals surface area contributed by atoms with E-state index in [2.05, 4.69) is 56.3 Å². The lowest BCUT2D eigenvalue weighted by Crippen LogP contribution is -2.51. The lowest BCUT2D eigenvalue weighted by Gasteiger charge is -2.25. The van der Waals surface area contributed by atoms with Crippen LogP contribution in [0.4, 0.5) is 28.4 Å². The predicted octanol–water partition coefficient (Wildman–Crippen LogP) is 6.89. The standard InChI is InChI=1S/C30H28ClN5O7S.C30H29N5O7S.C29H25ClN4O6/c1-18(38)14-21(17-37)33-27(40)16-36-26-11-7-6-10-23(26)28(20-8-4-3-5-9-20)34-29(30(36)41)35-44(42,43)22-12-13-25(24(31)15-22)32-19(2)39;1-19(37)16-23(18-36)32-27(39)17-35-26-11-7-6-10-25(26)28(21-8-4-3-5-9-21)33-29(30(35)40)34-43(41,42)24-14-12-22(13-15-24)31-20(2)38;1-17(36)13-20(16-35)31-25(38)15-34-23-10-6-5-9-21(23)26(18-7-3-2-4-8-18)32-27(29(34)40)33-28(39)19-11-12-24(37)22(30)14-19/h3-13,15,17,21,29,35H,14,16H2,1-2H3,(H,32,39)(H,33,40);3-15,18,23,29,34H,16-17H2,1-2H3,(H,31,38)(H,32,39);2-12,14,16,20,27,37H,13,15H2,1H3,(H,31,38)(H,33,39)/t21-,29?;23-,29?;20-,27?/m000/s1. The first-order chi connectivity index (χ1) is 60.5. The Morgan fingerprint density at radius 2 is 0.748 bits per heavy atom. The van der Waals surface area contributed by atoms with E-state index in [1.54, 1.807) is 158 Å². The van der Waals surface area contributed by atoms with E-state index in [0.29, 0.717) is 80.7 Å². The number of aliphatic imine (C=N–C) groups is 3. The maximum atomic E-state index is 14.0. The molecule has 9 amide bonds. The van der Waals surface area contributed by atoms with Gasteiger partial charge in [0.1, 0.15) is 61.6 Å². The Balaban J connectivity index is 0.000000199. The van der Waals surface area contributed by atoms with Gasteiger partial charge in [0.25, 0.3) is 23.6 Å². The van der Waals surface area contributed by atoms with E-state index in [0.717, 1.165) is 15.9 Å². The molecule has 0 radical (unpaired) electrons. The Labute approximate surface area is 737 Å². The summed E-state index contributed by atoms with van der Waals surface area (Å²) in [6.45, 7) is 4.75. The van der Waals surface area contributed by atoms with Crippen molar-refractivity contribution in [1.29, 1.82) is 0 Å². The Hall–Kier alpha value is -14.6. The fourth-order valence-corrected chi connectivity index (χ4v) is 15.8. The number of carbonyl (C=O) groups is 15. The monoisotopic (exact) mass is 1800 g/mol. The van der Waals surface area contributed by atoms with Crippen molar-refractivity contribution in [3.8, 4) is 5.75 Å². The molecular formula is C89H82Cl2N14O20S2. The van der Waals surface area contributed by atoms with Gasteiger partial charge in [0, 0.05) is 77.7 Å². The second-order valence-corrected chi connectivity index (χ2v) is 32.9. The van der Waals surface area contributed by atoms with Crippen LogP contribution in [0.5, 0.6) is 5.75 Å². The van der Waals surface area contributed by atoms with Crippen molar-refractivity contribution in [2.45, 2.75) is 100 Å². The van der Waals surface area contributed by atoms with Crippen LogP contribution in [0.1, 0.15) is 97.6 Å². The third-order valence-corrected chi connectivity index (χ3v) is 22.2. The second-order valence-electron chi connectivity index (χ2n) is 28.6. The average molecular weight is 1800 g/mol. The van der Waals surface area contributed by atoms with Crippen molar-refractivity contribution >= 4 is 178 Å². The zero-order valence-electron chi connectivity index (χ0n) is 68.3. The molecule has 0 saturated heterocycles. The summed E-state index contributed by atoms with van der Waals surface area (Å²) in [6.07, 6.45) is -4.19. The number of rotatable bonds is 31. The molecular weight excluding hydrogens is 1720 g/mol. The van der Waals surface area contributed by atoms with Crippen LogP contribution in [0, 0.1) is 0 Å². The number of anilines is 5. The third kappa shape index (κ3) is 25.1. The fraction of sp³-hybridized carbons (Fsp3) is 0.191. The van der Waals surface area contributed by atoms with Crippen LogP contribution in [0.15, 0.2) is 249 Å². The maximum absolute atomic E-state index is 14.0. The van der Waals surface area contributed by atoms with E-state index in [9.17, 15) is 93.9 Å². The number of ketones is 3. The summed E-state index contributed by atoms with van der Waals surface area (Å²) in [5.41, 5.74) is 5.87. The molecule has 34 nitrogen and oxygen atoms in total. The van der Waals surface area contributed by atoms with Gasteiger partial charge in [0.2, 0.25) is 55.7 Å². The molecule has 0 aliphatic carbocycles. The molecule has 0 fully saturated rings. The topological polar surface area (TPSA) is 488 Å². The first-order valence-corrected chi connectivity index (χ1v) is 42.4. The first-order valence-electron chi connectivity index (χ1n) is 38.7. The van der Waals surface area contributed by atoms with Crippen LogP contribution >= 0.6 is 23.2 Å². The summed E-state index contributed by atoms with van der Waals surface area (Å²) in [6, 6.07) is 56.4. The van der Waals surface area contributed by atoms with Crippen molar-refractivity contribution < 1.29 is 93.9 Å². The van der Waals surface area contributed by atoms with E-state index in [4.69, 9.17) is 23.2 Å². The number of fused-ring (bicyclic) bond motifs is 3. The number of amides is 9. The van der Waals surface area contributed by atoms with Gasteiger partial charge in [0.15, 0.2) is 12.3 Å². The molecule has 3 heterocycles. The third-order valence-electron chi connectivity index (χ3n) is 18.8. The van der Waals surface area contributed by atoms with Crippen LogP contribution in [0.2, 0.25) is 10.0 Å². The lowest BCUT2D eigenvalue weighted by molar-refractivity contribution is -0.126. The molecule has 654 valence electrons. The summed E-state index contributed by atoms with van der Waals surface area (Å²) >= 11 is 12.2. The fourth-order valence-electron chi connectivity index (χ4n) is 13.2. The van der Waals surface area contributed by atoms with Gasteiger partial charge in [-0.25, -0.2) is 21.8 Å². The molecule has 0 spiro atoms. The molecule has 3 unspecified atom stereocenters. The largest absolute Gasteiger partial charge is 0.506 e. The zero-order valence-corrected chi connectivity index (χ0v) is 71.4. The van der Waals surface area contributed by atoms with Gasteiger partial charge in [-0.15, -0.1) is 0 Å². The highest BCUT2D eigenvalue weighted by atomic mass is 35.5. The zero-order chi connectivity index (χ0) is 92.0. The summed E-state index contributed by atoms with van der Waals surface area (Å²) in [5, 5.41) is 24.6. The summed E-state index contributed by atoms with van der Waals surface area (Å²) < 4.78 is 58.6. The molecule has 9 N–H and O–H groups in total. The van der Waals surface area contributed by atoms with Crippen LogP contribution in [-0.2, 0) is 87.2 Å². The Kier molecular flexibility index (Phi) is 32.2. The number of benzodiazepines with no additional fused rings is 3. The number of sulfonamides is 2. The number of nitrogens with one attached hydrogen (secondary N) is 8. The number of nitrogens with zero attached hydrogens (tertiary/aromatic N) is 6. The van der Waals surface area contributed by atoms with Crippen molar-refractivity contribution in [3.63, 3.8) is 0 Å².